The van der Waals surface area contributed by atoms with Crippen LogP contribution in [0.3, 0.4) is 0 Å². The van der Waals surface area contributed by atoms with E-state index in [1.165, 1.54) is 24.6 Å². The number of Topliss-reactive ketones (excluding diaryl/α,β-unsaturated/α-hetero) is 1. The van der Waals surface area contributed by atoms with Crippen LogP contribution in [0.4, 0.5) is 0 Å². The van der Waals surface area contributed by atoms with Crippen molar-refractivity contribution in [2.24, 2.45) is 5.14 Å². The summed E-state index contributed by atoms with van der Waals surface area (Å²) < 4.78 is 28.3. The van der Waals surface area contributed by atoms with E-state index >= 15 is 0 Å². The smallest absolute Gasteiger partial charge is 0.338 e. The van der Waals surface area contributed by atoms with Crippen molar-refractivity contribution in [3.05, 3.63) is 63.7 Å². The van der Waals surface area contributed by atoms with Crippen molar-refractivity contribution in [3.8, 4) is 0 Å². The first-order chi connectivity index (χ1) is 12.7. The minimum Gasteiger partial charge on any atom is -0.451 e. The summed E-state index contributed by atoms with van der Waals surface area (Å²) in [5.41, 5.74) is 2.82. The van der Waals surface area contributed by atoms with E-state index in [2.05, 4.69) is 0 Å². The molecule has 2 N–H and O–H groups in total. The molecule has 3 rings (SSSR count). The van der Waals surface area contributed by atoms with Crippen molar-refractivity contribution in [2.45, 2.75) is 37.2 Å². The number of hydrogen-bond donors (Lipinski definition) is 1. The number of sulfonamides is 1. The molecule has 0 saturated carbocycles. The molecule has 1 aliphatic rings. The normalized spacial score (nSPS) is 14.5. The van der Waals surface area contributed by atoms with Crippen molar-refractivity contribution < 1.29 is 22.7 Å². The third-order valence-corrected chi connectivity index (χ3v) is 5.90. The van der Waals surface area contributed by atoms with Crippen LogP contribution < -0.4 is 5.14 Å². The lowest BCUT2D eigenvalue weighted by Gasteiger charge is -2.14. The van der Waals surface area contributed by atoms with Crippen molar-refractivity contribution in [3.63, 3.8) is 0 Å². The summed E-state index contributed by atoms with van der Waals surface area (Å²) in [6.45, 7) is 1.48. The summed E-state index contributed by atoms with van der Waals surface area (Å²) in [5, 5.41) is 4.98. The summed E-state index contributed by atoms with van der Waals surface area (Å²) >= 11 is 5.80. The molecule has 2 aromatic rings. The van der Waals surface area contributed by atoms with E-state index in [-0.39, 0.29) is 21.3 Å². The van der Waals surface area contributed by atoms with Crippen LogP contribution in [0, 0.1) is 0 Å². The Hall–Kier alpha value is -2.22. The lowest BCUT2D eigenvalue weighted by Crippen LogP contribution is -2.25. The highest BCUT2D eigenvalue weighted by Crippen LogP contribution is 2.24. The quantitative estimate of drug-likeness (QED) is 0.606. The van der Waals surface area contributed by atoms with E-state index in [1.54, 1.807) is 6.07 Å². The van der Waals surface area contributed by atoms with Crippen LogP contribution in [0.5, 0.6) is 0 Å². The highest BCUT2D eigenvalue weighted by atomic mass is 35.5. The Morgan fingerprint density at radius 1 is 1.07 bits per heavy atom. The molecule has 0 saturated heterocycles. The minimum atomic E-state index is -4.09. The van der Waals surface area contributed by atoms with E-state index < -0.39 is 22.1 Å². The Morgan fingerprint density at radius 2 is 1.74 bits per heavy atom. The summed E-state index contributed by atoms with van der Waals surface area (Å²) in [6, 6.07) is 9.10. The summed E-state index contributed by atoms with van der Waals surface area (Å²) in [5.74, 6) is -1.16. The molecule has 0 amide bonds. The van der Waals surface area contributed by atoms with Crippen molar-refractivity contribution >= 4 is 33.4 Å². The molecule has 0 spiro atoms. The van der Waals surface area contributed by atoms with Gasteiger partial charge < -0.3 is 4.74 Å². The van der Waals surface area contributed by atoms with Gasteiger partial charge in [0.1, 0.15) is 4.90 Å². The molecular formula is C19H18ClNO5S. The van der Waals surface area contributed by atoms with Gasteiger partial charge in [-0.05, 0) is 61.6 Å². The van der Waals surface area contributed by atoms with Gasteiger partial charge in [0.25, 0.3) is 0 Å². The van der Waals surface area contributed by atoms with Gasteiger partial charge in [-0.3, -0.25) is 4.79 Å². The maximum absolute atomic E-state index is 12.6. The van der Waals surface area contributed by atoms with Crippen LogP contribution in [0.1, 0.15) is 45.2 Å². The second-order valence-corrected chi connectivity index (χ2v) is 8.38. The Balaban J connectivity index is 1.77. The third kappa shape index (κ3) is 4.21. The second-order valence-electron chi connectivity index (χ2n) is 6.44. The largest absolute Gasteiger partial charge is 0.451 e. The lowest BCUT2D eigenvalue weighted by atomic mass is 10.0. The van der Waals surface area contributed by atoms with Crippen LogP contribution in [-0.4, -0.2) is 26.3 Å². The lowest BCUT2D eigenvalue weighted by molar-refractivity contribution is 0.0318. The number of ether oxygens (including phenoxy) is 1. The second kappa shape index (κ2) is 7.42. The molecule has 0 bridgehead atoms. The number of benzene rings is 2. The average molecular weight is 408 g/mol. The molecule has 0 aliphatic heterocycles. The Labute approximate surface area is 162 Å². The van der Waals surface area contributed by atoms with Crippen LogP contribution in [0.25, 0.3) is 0 Å². The van der Waals surface area contributed by atoms with Crippen molar-refractivity contribution in [1.29, 1.82) is 0 Å². The van der Waals surface area contributed by atoms with Gasteiger partial charge in [0, 0.05) is 5.56 Å². The van der Waals surface area contributed by atoms with Gasteiger partial charge in [-0.1, -0.05) is 23.7 Å². The van der Waals surface area contributed by atoms with Gasteiger partial charge in [-0.15, -0.1) is 0 Å². The standard InChI is InChI=1S/C19H18ClNO5S/c1-11(18(22)14-6-5-12-3-2-4-13(12)9-14)26-19(23)15-7-8-16(20)17(10-15)27(21,24)25/h5-11H,2-4H2,1H3,(H2,21,24,25). The summed E-state index contributed by atoms with van der Waals surface area (Å²) in [4.78, 5) is 24.5. The fraction of sp³-hybridized carbons (Fsp3) is 0.263. The molecule has 0 fully saturated rings. The van der Waals surface area contributed by atoms with E-state index in [0.29, 0.717) is 5.56 Å². The number of nitrogens with two attached hydrogens (primary N) is 1. The zero-order valence-corrected chi connectivity index (χ0v) is 16.1. The number of esters is 1. The van der Waals surface area contributed by atoms with E-state index in [0.717, 1.165) is 30.9 Å². The Kier molecular flexibility index (Phi) is 5.37. The monoisotopic (exact) mass is 407 g/mol. The number of halogens is 1. The average Bonchev–Trinajstić information content (AvgIpc) is 3.07. The zero-order chi connectivity index (χ0) is 19.8. The van der Waals surface area contributed by atoms with Crippen LogP contribution >= 0.6 is 11.6 Å². The molecular weight excluding hydrogens is 390 g/mol. The molecule has 6 nitrogen and oxygen atoms in total. The molecule has 2 aromatic carbocycles. The highest BCUT2D eigenvalue weighted by Gasteiger charge is 2.23. The first-order valence-corrected chi connectivity index (χ1v) is 10.3. The van der Waals surface area contributed by atoms with Crippen LogP contribution in [-0.2, 0) is 27.6 Å². The van der Waals surface area contributed by atoms with Gasteiger partial charge >= 0.3 is 5.97 Å². The fourth-order valence-corrected chi connectivity index (χ4v) is 4.16. The van der Waals surface area contributed by atoms with Crippen molar-refractivity contribution in [2.75, 3.05) is 0 Å². The first-order valence-electron chi connectivity index (χ1n) is 8.36. The van der Waals surface area contributed by atoms with Gasteiger partial charge in [0.05, 0.1) is 10.6 Å². The Morgan fingerprint density at radius 3 is 2.44 bits per heavy atom. The number of carbonyl (C=O) groups excluding carboxylic acids is 2. The Bertz CT molecular complexity index is 1030. The number of primary sulfonamides is 1. The van der Waals surface area contributed by atoms with E-state index in [4.69, 9.17) is 21.5 Å². The predicted octanol–water partition coefficient (Wildman–Crippen LogP) is 2.90. The van der Waals surface area contributed by atoms with Gasteiger partial charge in [0.2, 0.25) is 15.8 Å². The van der Waals surface area contributed by atoms with Crippen molar-refractivity contribution in [1.82, 2.24) is 0 Å². The molecule has 0 radical (unpaired) electrons. The molecule has 1 atom stereocenters. The predicted molar refractivity (Wildman–Crippen MR) is 101 cm³/mol. The minimum absolute atomic E-state index is 0.0583. The zero-order valence-electron chi connectivity index (χ0n) is 14.6. The number of rotatable bonds is 5. The van der Waals surface area contributed by atoms with E-state index in [1.807, 2.05) is 12.1 Å². The van der Waals surface area contributed by atoms with Crippen LogP contribution in [0.15, 0.2) is 41.3 Å². The van der Waals surface area contributed by atoms with Gasteiger partial charge in [0.15, 0.2) is 6.10 Å². The molecule has 142 valence electrons. The molecule has 0 heterocycles. The van der Waals surface area contributed by atoms with Crippen LogP contribution in [0.2, 0.25) is 5.02 Å². The molecule has 1 aliphatic carbocycles. The number of carbonyl (C=O) groups is 2. The number of hydrogen-bond acceptors (Lipinski definition) is 5. The SMILES string of the molecule is CC(OC(=O)c1ccc(Cl)c(S(N)(=O)=O)c1)C(=O)c1ccc2c(c1)CCC2. The van der Waals surface area contributed by atoms with Gasteiger partial charge in [-0.25, -0.2) is 18.4 Å². The maximum Gasteiger partial charge on any atom is 0.338 e. The fourth-order valence-electron chi connectivity index (χ4n) is 3.09. The van der Waals surface area contributed by atoms with E-state index in [9.17, 15) is 18.0 Å². The summed E-state index contributed by atoms with van der Waals surface area (Å²) in [7, 11) is -4.09. The first kappa shape index (κ1) is 19.5. The molecule has 8 heteroatoms. The van der Waals surface area contributed by atoms with Gasteiger partial charge in [-0.2, -0.15) is 0 Å². The molecule has 1 unspecified atom stereocenters. The molecule has 27 heavy (non-hydrogen) atoms. The number of aryl methyl sites for hydroxylation is 2. The summed E-state index contributed by atoms with van der Waals surface area (Å²) in [6.07, 6.45) is 1.99. The topological polar surface area (TPSA) is 104 Å². The molecule has 0 aromatic heterocycles. The third-order valence-electron chi connectivity index (χ3n) is 4.51. The number of ketones is 1. The maximum atomic E-state index is 12.6. The number of fused-ring (bicyclic) bond motifs is 1. The highest BCUT2D eigenvalue weighted by molar-refractivity contribution is 7.89.